The number of hydrogen-bond donors (Lipinski definition) is 0. The van der Waals surface area contributed by atoms with Crippen LogP contribution in [0.15, 0.2) is 65.1 Å². The van der Waals surface area contributed by atoms with Gasteiger partial charge < -0.3 is 4.57 Å². The minimum Gasteiger partial charge on any atom is -0.309 e. The van der Waals surface area contributed by atoms with Crippen molar-refractivity contribution in [3.8, 4) is 17.8 Å². The Morgan fingerprint density at radius 1 is 0.750 bits per heavy atom. The van der Waals surface area contributed by atoms with Crippen LogP contribution in [0.4, 0.5) is 0 Å². The van der Waals surface area contributed by atoms with Gasteiger partial charge in [0.15, 0.2) is 0 Å². The molecule has 0 N–H and O–H groups in total. The van der Waals surface area contributed by atoms with E-state index in [1.807, 2.05) is 54.6 Å². The third kappa shape index (κ3) is 2.17. The third-order valence-corrected chi connectivity index (χ3v) is 4.58. The zero-order valence-electron chi connectivity index (χ0n) is 12.5. The molecule has 3 nitrogen and oxygen atoms in total. The van der Waals surface area contributed by atoms with Crippen LogP contribution in [0, 0.1) is 22.7 Å². The van der Waals surface area contributed by atoms with E-state index < -0.39 is 0 Å². The number of nitrogens with zero attached hydrogens (tertiary/aromatic N) is 3. The van der Waals surface area contributed by atoms with Crippen molar-refractivity contribution < 1.29 is 0 Å². The molecule has 0 radical (unpaired) electrons. The van der Waals surface area contributed by atoms with Gasteiger partial charge in [-0.3, -0.25) is 0 Å². The first kappa shape index (κ1) is 14.5. The molecule has 0 aliphatic rings. The van der Waals surface area contributed by atoms with Gasteiger partial charge >= 0.3 is 0 Å². The highest BCUT2D eigenvalue weighted by Crippen LogP contribution is 2.33. The Labute approximate surface area is 147 Å². The van der Waals surface area contributed by atoms with Gasteiger partial charge in [0, 0.05) is 20.9 Å². The molecule has 0 saturated heterocycles. The molecule has 112 valence electrons. The molecule has 0 aliphatic heterocycles. The number of rotatable bonds is 1. The second-order valence-electron chi connectivity index (χ2n) is 5.50. The topological polar surface area (TPSA) is 52.5 Å². The van der Waals surface area contributed by atoms with E-state index >= 15 is 0 Å². The number of hydrogen-bond acceptors (Lipinski definition) is 2. The predicted octanol–water partition coefficient (Wildman–Crippen LogP) is 5.29. The molecule has 4 aromatic rings. The first-order valence-corrected chi connectivity index (χ1v) is 8.15. The molecule has 0 amide bonds. The second kappa shape index (κ2) is 5.53. The number of fused-ring (bicyclic) bond motifs is 3. The van der Waals surface area contributed by atoms with Crippen molar-refractivity contribution in [2.45, 2.75) is 0 Å². The van der Waals surface area contributed by atoms with Gasteiger partial charge in [-0.1, -0.05) is 22.0 Å². The molecule has 1 heterocycles. The smallest absolute Gasteiger partial charge is 0.0991 e. The summed E-state index contributed by atoms with van der Waals surface area (Å²) in [4.78, 5) is 0. The lowest BCUT2D eigenvalue weighted by molar-refractivity contribution is 1.18. The Morgan fingerprint density at radius 2 is 1.33 bits per heavy atom. The Kier molecular flexibility index (Phi) is 3.34. The van der Waals surface area contributed by atoms with Crippen molar-refractivity contribution in [3.63, 3.8) is 0 Å². The van der Waals surface area contributed by atoms with Crippen LogP contribution in [0.25, 0.3) is 27.5 Å². The Morgan fingerprint density at radius 3 is 1.83 bits per heavy atom. The zero-order valence-corrected chi connectivity index (χ0v) is 14.1. The van der Waals surface area contributed by atoms with E-state index in [1.54, 1.807) is 0 Å². The fraction of sp³-hybridized carbons (Fsp3) is 0. The van der Waals surface area contributed by atoms with Crippen molar-refractivity contribution in [3.05, 3.63) is 76.3 Å². The Bertz CT molecular complexity index is 1120. The zero-order chi connectivity index (χ0) is 16.7. The van der Waals surface area contributed by atoms with Crippen LogP contribution in [0.3, 0.4) is 0 Å². The summed E-state index contributed by atoms with van der Waals surface area (Å²) in [7, 11) is 0. The molecule has 3 aromatic carbocycles. The molecular formula is C20H10BrN3. The molecule has 0 aliphatic carbocycles. The van der Waals surface area contributed by atoms with Gasteiger partial charge in [0.2, 0.25) is 0 Å². The Balaban J connectivity index is 2.19. The third-order valence-electron chi connectivity index (χ3n) is 4.09. The van der Waals surface area contributed by atoms with E-state index in [4.69, 9.17) is 0 Å². The lowest BCUT2D eigenvalue weighted by atomic mass is 10.1. The van der Waals surface area contributed by atoms with Crippen molar-refractivity contribution >= 4 is 37.7 Å². The normalized spacial score (nSPS) is 10.6. The molecule has 0 atom stereocenters. The van der Waals surface area contributed by atoms with Crippen LogP contribution >= 0.6 is 15.9 Å². The van der Waals surface area contributed by atoms with Crippen molar-refractivity contribution in [2.24, 2.45) is 0 Å². The van der Waals surface area contributed by atoms with Crippen LogP contribution < -0.4 is 0 Å². The van der Waals surface area contributed by atoms with Crippen LogP contribution in [0.2, 0.25) is 0 Å². The fourth-order valence-electron chi connectivity index (χ4n) is 3.06. The van der Waals surface area contributed by atoms with Gasteiger partial charge in [-0.05, 0) is 54.6 Å². The molecule has 24 heavy (non-hydrogen) atoms. The van der Waals surface area contributed by atoms with Gasteiger partial charge in [-0.25, -0.2) is 0 Å². The van der Waals surface area contributed by atoms with Crippen LogP contribution in [0.1, 0.15) is 11.1 Å². The summed E-state index contributed by atoms with van der Waals surface area (Å²) >= 11 is 3.52. The van der Waals surface area contributed by atoms with Crippen LogP contribution in [0.5, 0.6) is 0 Å². The van der Waals surface area contributed by atoms with E-state index in [9.17, 15) is 10.5 Å². The van der Waals surface area contributed by atoms with Crippen molar-refractivity contribution in [1.82, 2.24) is 4.57 Å². The minimum absolute atomic E-state index is 0.609. The first-order valence-electron chi connectivity index (χ1n) is 7.35. The maximum Gasteiger partial charge on any atom is 0.0991 e. The van der Waals surface area contributed by atoms with E-state index in [0.29, 0.717) is 11.1 Å². The maximum atomic E-state index is 9.21. The summed E-state index contributed by atoms with van der Waals surface area (Å²) in [6.07, 6.45) is 0. The van der Waals surface area contributed by atoms with Crippen molar-refractivity contribution in [1.29, 1.82) is 10.5 Å². The molecule has 4 heteroatoms. The molecule has 0 fully saturated rings. The SMILES string of the molecule is N#Cc1ccc2c(c1)c1cc(C#N)ccc1n2-c1cccc(Br)c1. The molecule has 0 spiro atoms. The Hall–Kier alpha value is -3.08. The summed E-state index contributed by atoms with van der Waals surface area (Å²) in [5, 5.41) is 20.4. The van der Waals surface area contributed by atoms with Gasteiger partial charge in [-0.15, -0.1) is 0 Å². The number of halogens is 1. The van der Waals surface area contributed by atoms with Crippen molar-refractivity contribution in [2.75, 3.05) is 0 Å². The highest BCUT2D eigenvalue weighted by molar-refractivity contribution is 9.10. The lowest BCUT2D eigenvalue weighted by Crippen LogP contribution is -1.93. The standard InChI is InChI=1S/C20H10BrN3/c21-15-2-1-3-16(10-15)24-19-6-4-13(11-22)8-17(19)18-9-14(12-23)5-7-20(18)24/h1-10H. The van der Waals surface area contributed by atoms with E-state index in [1.165, 1.54) is 0 Å². The highest BCUT2D eigenvalue weighted by atomic mass is 79.9. The van der Waals surface area contributed by atoms with Gasteiger partial charge in [-0.2, -0.15) is 10.5 Å². The summed E-state index contributed by atoms with van der Waals surface area (Å²) in [6, 6.07) is 23.8. The maximum absolute atomic E-state index is 9.21. The minimum atomic E-state index is 0.609. The summed E-state index contributed by atoms with van der Waals surface area (Å²) in [5.41, 5.74) is 4.27. The molecule has 0 bridgehead atoms. The molecular weight excluding hydrogens is 362 g/mol. The van der Waals surface area contributed by atoms with Crippen LogP contribution in [-0.2, 0) is 0 Å². The number of nitriles is 2. The average molecular weight is 372 g/mol. The van der Waals surface area contributed by atoms with Gasteiger partial charge in [0.25, 0.3) is 0 Å². The van der Waals surface area contributed by atoms with Gasteiger partial charge in [0.05, 0.1) is 34.3 Å². The highest BCUT2D eigenvalue weighted by Gasteiger charge is 2.13. The molecule has 1 aromatic heterocycles. The second-order valence-corrected chi connectivity index (χ2v) is 6.42. The average Bonchev–Trinajstić information content (AvgIpc) is 2.94. The monoisotopic (exact) mass is 371 g/mol. The quantitative estimate of drug-likeness (QED) is 0.456. The van der Waals surface area contributed by atoms with Crippen LogP contribution in [-0.4, -0.2) is 4.57 Å². The summed E-state index contributed by atoms with van der Waals surface area (Å²) < 4.78 is 3.15. The largest absolute Gasteiger partial charge is 0.309 e. The fourth-order valence-corrected chi connectivity index (χ4v) is 3.44. The van der Waals surface area contributed by atoms with Gasteiger partial charge in [0.1, 0.15) is 0 Å². The lowest BCUT2D eigenvalue weighted by Gasteiger charge is -2.08. The van der Waals surface area contributed by atoms with E-state index in [-0.39, 0.29) is 0 Å². The summed E-state index contributed by atoms with van der Waals surface area (Å²) in [6.45, 7) is 0. The first-order chi connectivity index (χ1) is 11.7. The summed E-state index contributed by atoms with van der Waals surface area (Å²) in [5.74, 6) is 0. The number of aromatic nitrogens is 1. The molecule has 0 unspecified atom stereocenters. The van der Waals surface area contributed by atoms with E-state index in [2.05, 4.69) is 38.7 Å². The predicted molar refractivity (Wildman–Crippen MR) is 97.9 cm³/mol. The number of benzene rings is 3. The van der Waals surface area contributed by atoms with E-state index in [0.717, 1.165) is 32.0 Å². The molecule has 0 saturated carbocycles. The molecule has 4 rings (SSSR count).